The number of nitrogens with one attached hydrogen (secondary N) is 1. The maximum Gasteiger partial charge on any atom is 0.417 e. The molecule has 0 fully saturated rings. The molecule has 0 aliphatic carbocycles. The third-order valence-corrected chi connectivity index (χ3v) is 6.51. The van der Waals surface area contributed by atoms with E-state index in [9.17, 15) is 33.1 Å². The molecule has 3 aromatic rings. The summed E-state index contributed by atoms with van der Waals surface area (Å²) in [6.07, 6.45) is -4.80. The number of thiazole rings is 1. The molecular weight excluding hydrogens is 515 g/mol. The zero-order chi connectivity index (χ0) is 24.9. The molecule has 0 saturated heterocycles. The summed E-state index contributed by atoms with van der Waals surface area (Å²) in [5.41, 5.74) is -2.49. The number of hydrogen-bond donors (Lipinski definition) is 1. The molecule has 0 aliphatic rings. The fourth-order valence-electron chi connectivity index (χ4n) is 2.52. The van der Waals surface area contributed by atoms with Gasteiger partial charge < -0.3 is 20.1 Å². The average Bonchev–Trinajstić information content (AvgIpc) is 3.47. The Morgan fingerprint density at radius 1 is 1.35 bits per heavy atom. The first-order chi connectivity index (χ1) is 16.1. The van der Waals surface area contributed by atoms with Gasteiger partial charge in [0.25, 0.3) is 0 Å². The van der Waals surface area contributed by atoms with Crippen LogP contribution in [0.4, 0.5) is 18.3 Å². The van der Waals surface area contributed by atoms with Crippen LogP contribution in [0.3, 0.4) is 0 Å². The largest absolute Gasteiger partial charge is 0.543 e. The second kappa shape index (κ2) is 10.6. The molecule has 1 N–H and O–H groups in total. The highest BCUT2D eigenvalue weighted by Crippen LogP contribution is 2.38. The van der Waals surface area contributed by atoms with Gasteiger partial charge in [0.15, 0.2) is 10.8 Å². The molecule has 0 unspecified atom stereocenters. The predicted octanol–water partition coefficient (Wildman–Crippen LogP) is 2.99. The summed E-state index contributed by atoms with van der Waals surface area (Å²) in [5, 5.41) is 28.9. The number of aromatic nitrogens is 2. The number of amides is 1. The first-order valence-corrected chi connectivity index (χ1v) is 11.7. The number of rotatable bonds is 8. The quantitative estimate of drug-likeness (QED) is 0.268. The number of anilines is 1. The number of oxime groups is 1. The highest BCUT2D eigenvalue weighted by molar-refractivity contribution is 8.00. The normalized spacial score (nSPS) is 11.7. The number of hydrogen-bond acceptors (Lipinski definition) is 11. The van der Waals surface area contributed by atoms with Crippen molar-refractivity contribution in [3.05, 3.63) is 45.8 Å². The number of nitriles is 1. The summed E-state index contributed by atoms with van der Waals surface area (Å²) in [5.74, 6) is -2.69. The van der Waals surface area contributed by atoms with Gasteiger partial charge in [-0.3, -0.25) is 4.79 Å². The molecule has 15 heteroatoms. The van der Waals surface area contributed by atoms with Crippen LogP contribution in [0, 0.1) is 11.3 Å². The summed E-state index contributed by atoms with van der Waals surface area (Å²) >= 11 is 2.73. The lowest BCUT2D eigenvalue weighted by molar-refractivity contribution is -0.294. The van der Waals surface area contributed by atoms with Crippen molar-refractivity contribution in [2.75, 3.05) is 18.2 Å². The van der Waals surface area contributed by atoms with E-state index < -0.39 is 34.9 Å². The Bertz CT molecular complexity index is 1280. The zero-order valence-corrected chi connectivity index (χ0v) is 19.3. The van der Waals surface area contributed by atoms with Gasteiger partial charge in [-0.15, -0.1) is 22.7 Å². The number of nitrogens with zero attached hydrogens (tertiary/aromatic N) is 4. The minimum Gasteiger partial charge on any atom is -0.543 e. The molecule has 0 bridgehead atoms. The fraction of sp³-hybridized carbons (Fsp3) is 0.158. The van der Waals surface area contributed by atoms with Crippen molar-refractivity contribution in [3.8, 4) is 16.6 Å². The van der Waals surface area contributed by atoms with Gasteiger partial charge in [-0.25, -0.2) is 9.97 Å². The number of thiophene rings is 1. The van der Waals surface area contributed by atoms with Gasteiger partial charge in [-0.1, -0.05) is 23.0 Å². The fourth-order valence-corrected chi connectivity index (χ4v) is 4.72. The highest BCUT2D eigenvalue weighted by Gasteiger charge is 2.36. The smallest absolute Gasteiger partial charge is 0.417 e. The predicted molar refractivity (Wildman–Crippen MR) is 117 cm³/mol. The summed E-state index contributed by atoms with van der Waals surface area (Å²) in [7, 11) is 1.14. The molecule has 0 aliphatic heterocycles. The van der Waals surface area contributed by atoms with E-state index in [4.69, 9.17) is 0 Å². The third-order valence-electron chi connectivity index (χ3n) is 3.89. The summed E-state index contributed by atoms with van der Waals surface area (Å²) in [4.78, 5) is 36.4. The maximum absolute atomic E-state index is 13.6. The molecule has 0 aromatic carbocycles. The van der Waals surface area contributed by atoms with Gasteiger partial charge in [-0.2, -0.15) is 18.4 Å². The van der Waals surface area contributed by atoms with Crippen molar-refractivity contribution in [3.63, 3.8) is 0 Å². The summed E-state index contributed by atoms with van der Waals surface area (Å²) < 4.78 is 40.7. The van der Waals surface area contributed by atoms with Crippen LogP contribution in [0.2, 0.25) is 0 Å². The number of thioether (sulfide) groups is 1. The van der Waals surface area contributed by atoms with Gasteiger partial charge in [0.2, 0.25) is 5.91 Å². The maximum atomic E-state index is 13.6. The Morgan fingerprint density at radius 2 is 2.12 bits per heavy atom. The van der Waals surface area contributed by atoms with Gasteiger partial charge in [0.05, 0.1) is 33.4 Å². The molecule has 0 atom stereocenters. The standard InChI is InChI=1S/C19H12F3N5O4S3/c1-31-27-15(17(29)30)12-7-34-18(25-12)26-14(28)8-33-16-9(6-23)10(19(20,21)22)5-11(24-16)13-3-2-4-32-13/h2-5,7H,8H2,1H3,(H,29,30)(H,25,26,28)/p-1/b27-15+. The van der Waals surface area contributed by atoms with Gasteiger partial charge in [0.1, 0.15) is 23.9 Å². The first kappa shape index (κ1) is 25.1. The summed E-state index contributed by atoms with van der Waals surface area (Å²) in [6, 6.07) is 5.58. The van der Waals surface area contributed by atoms with Crippen LogP contribution in [-0.2, 0) is 20.6 Å². The molecule has 34 heavy (non-hydrogen) atoms. The molecule has 0 radical (unpaired) electrons. The average molecular weight is 527 g/mol. The monoisotopic (exact) mass is 526 g/mol. The molecular formula is C19H11F3N5O4S3-. The molecule has 176 valence electrons. The van der Waals surface area contributed by atoms with Gasteiger partial charge in [-0.05, 0) is 17.5 Å². The van der Waals surface area contributed by atoms with Crippen LogP contribution in [0.1, 0.15) is 16.8 Å². The number of carbonyl (C=O) groups is 2. The minimum atomic E-state index is -4.80. The van der Waals surface area contributed by atoms with E-state index in [1.54, 1.807) is 17.5 Å². The van der Waals surface area contributed by atoms with Crippen LogP contribution in [-0.4, -0.2) is 40.4 Å². The molecule has 0 spiro atoms. The Balaban J connectivity index is 1.81. The lowest BCUT2D eigenvalue weighted by Gasteiger charge is -2.13. The van der Waals surface area contributed by atoms with Crippen LogP contribution in [0.25, 0.3) is 10.6 Å². The van der Waals surface area contributed by atoms with Crippen LogP contribution >= 0.6 is 34.4 Å². The number of aliphatic carboxylic acids is 1. The Hall–Kier alpha value is -3.48. The number of carboxylic acids is 1. The van der Waals surface area contributed by atoms with E-state index >= 15 is 0 Å². The van der Waals surface area contributed by atoms with Crippen molar-refractivity contribution in [2.24, 2.45) is 5.16 Å². The minimum absolute atomic E-state index is 0.0161. The third kappa shape index (κ3) is 5.90. The highest BCUT2D eigenvalue weighted by atomic mass is 32.2. The van der Waals surface area contributed by atoms with Crippen molar-refractivity contribution >= 4 is 57.2 Å². The molecule has 3 rings (SSSR count). The Kier molecular flexibility index (Phi) is 7.87. The van der Waals surface area contributed by atoms with E-state index in [-0.39, 0.29) is 27.3 Å². The zero-order valence-electron chi connectivity index (χ0n) is 16.9. The number of halogens is 3. The van der Waals surface area contributed by atoms with Gasteiger partial charge in [0, 0.05) is 5.38 Å². The van der Waals surface area contributed by atoms with Crippen molar-refractivity contribution in [2.45, 2.75) is 11.2 Å². The molecule has 3 aromatic heterocycles. The molecule has 9 nitrogen and oxygen atoms in total. The van der Waals surface area contributed by atoms with E-state index in [1.807, 2.05) is 0 Å². The summed E-state index contributed by atoms with van der Waals surface area (Å²) in [6.45, 7) is 0. The second-order valence-electron chi connectivity index (χ2n) is 6.11. The number of carbonyl (C=O) groups excluding carboxylic acids is 2. The van der Waals surface area contributed by atoms with E-state index in [0.717, 1.165) is 24.5 Å². The Labute approximate surface area is 201 Å². The molecule has 1 amide bonds. The van der Waals surface area contributed by atoms with Crippen LogP contribution in [0.5, 0.6) is 0 Å². The Morgan fingerprint density at radius 3 is 2.71 bits per heavy atom. The van der Waals surface area contributed by atoms with Crippen molar-refractivity contribution in [1.29, 1.82) is 5.26 Å². The van der Waals surface area contributed by atoms with Crippen LogP contribution < -0.4 is 10.4 Å². The van der Waals surface area contributed by atoms with E-state index in [1.165, 1.54) is 22.8 Å². The van der Waals surface area contributed by atoms with Crippen molar-refractivity contribution < 1.29 is 32.7 Å². The number of alkyl halides is 3. The second-order valence-corrected chi connectivity index (χ2v) is 8.88. The van der Waals surface area contributed by atoms with Gasteiger partial charge >= 0.3 is 6.18 Å². The van der Waals surface area contributed by atoms with E-state index in [0.29, 0.717) is 16.6 Å². The molecule has 0 saturated carbocycles. The molecule has 3 heterocycles. The number of pyridine rings is 1. The topological polar surface area (TPSA) is 140 Å². The lowest BCUT2D eigenvalue weighted by atomic mass is 10.1. The van der Waals surface area contributed by atoms with E-state index in [2.05, 4.69) is 25.3 Å². The van der Waals surface area contributed by atoms with Crippen LogP contribution in [0.15, 0.2) is 39.1 Å². The number of carboxylic acid groups (broad SMARTS) is 1. The first-order valence-electron chi connectivity index (χ1n) is 8.91. The SMILES string of the molecule is CO/N=C(/C(=O)[O-])c1csc(NC(=O)CSc2nc(-c3cccs3)cc(C(F)(F)F)c2C#N)n1. The lowest BCUT2D eigenvalue weighted by Crippen LogP contribution is -2.32. The van der Waals surface area contributed by atoms with Crippen molar-refractivity contribution in [1.82, 2.24) is 9.97 Å².